The lowest BCUT2D eigenvalue weighted by molar-refractivity contribution is -0.159. The van der Waals surface area contributed by atoms with Crippen molar-refractivity contribution in [1.82, 2.24) is 10.2 Å². The maximum Gasteiger partial charge on any atom is 0.414 e. The summed E-state index contributed by atoms with van der Waals surface area (Å²) >= 11 is 0. The second-order valence-corrected chi connectivity index (χ2v) is 7.32. The van der Waals surface area contributed by atoms with Gasteiger partial charge in [-0.3, -0.25) is 9.69 Å². The number of aliphatic carboxylic acids is 2. The summed E-state index contributed by atoms with van der Waals surface area (Å²) in [4.78, 5) is 32.8. The summed E-state index contributed by atoms with van der Waals surface area (Å²) in [5, 5.41) is 17.8. The van der Waals surface area contributed by atoms with Crippen LogP contribution in [0.1, 0.15) is 24.0 Å². The van der Waals surface area contributed by atoms with Crippen LogP contribution < -0.4 is 10.1 Å². The number of carbonyl (C=O) groups excluding carboxylic acids is 1. The molecule has 2 aromatic rings. The van der Waals surface area contributed by atoms with Gasteiger partial charge in [-0.05, 0) is 49.7 Å². The zero-order valence-electron chi connectivity index (χ0n) is 17.8. The second kappa shape index (κ2) is 12.4. The van der Waals surface area contributed by atoms with E-state index in [-0.39, 0.29) is 17.6 Å². The Morgan fingerprint density at radius 1 is 1.03 bits per heavy atom. The molecule has 2 aromatic carbocycles. The summed E-state index contributed by atoms with van der Waals surface area (Å²) in [5.74, 6) is -2.87. The number of hydrogen-bond acceptors (Lipinski definition) is 5. The van der Waals surface area contributed by atoms with E-state index in [1.54, 1.807) is 13.2 Å². The lowest BCUT2D eigenvalue weighted by atomic mass is 9.95. The normalized spacial score (nSPS) is 14.1. The third-order valence-corrected chi connectivity index (χ3v) is 5.12. The fourth-order valence-electron chi connectivity index (χ4n) is 3.30. The van der Waals surface area contributed by atoms with Gasteiger partial charge < -0.3 is 20.3 Å². The summed E-state index contributed by atoms with van der Waals surface area (Å²) in [7, 11) is 1.63. The Morgan fingerprint density at radius 2 is 1.62 bits per heavy atom. The molecule has 8 nitrogen and oxygen atoms in total. The van der Waals surface area contributed by atoms with Crippen molar-refractivity contribution in [1.29, 1.82) is 0 Å². The van der Waals surface area contributed by atoms with E-state index in [4.69, 9.17) is 24.5 Å². The number of carbonyl (C=O) groups is 3. The van der Waals surface area contributed by atoms with Crippen molar-refractivity contribution >= 4 is 17.8 Å². The van der Waals surface area contributed by atoms with Crippen molar-refractivity contribution in [3.8, 4) is 5.75 Å². The number of halogens is 1. The Morgan fingerprint density at radius 3 is 2.16 bits per heavy atom. The number of likely N-dealkylation sites (tertiary alicyclic amines) is 1. The van der Waals surface area contributed by atoms with E-state index in [0.29, 0.717) is 13.1 Å². The van der Waals surface area contributed by atoms with Crippen LogP contribution in [0.2, 0.25) is 0 Å². The molecule has 3 N–H and O–H groups in total. The van der Waals surface area contributed by atoms with E-state index in [2.05, 4.69) is 10.2 Å². The summed E-state index contributed by atoms with van der Waals surface area (Å²) < 4.78 is 18.9. The predicted molar refractivity (Wildman–Crippen MR) is 115 cm³/mol. The fraction of sp³-hybridized carbons (Fsp3) is 0.348. The third kappa shape index (κ3) is 7.99. The molecule has 0 atom stereocenters. The molecule has 1 heterocycles. The van der Waals surface area contributed by atoms with Gasteiger partial charge in [0.25, 0.3) is 0 Å². The highest BCUT2D eigenvalue weighted by Crippen LogP contribution is 2.20. The average Bonchev–Trinajstić information content (AvgIpc) is 2.80. The first kappa shape index (κ1) is 24.8. The topological polar surface area (TPSA) is 116 Å². The molecule has 0 aromatic heterocycles. The molecule has 1 aliphatic heterocycles. The molecule has 1 aliphatic rings. The number of methoxy groups -OCH3 is 1. The number of carboxylic acids is 2. The molecule has 0 unspecified atom stereocenters. The monoisotopic (exact) mass is 446 g/mol. The Labute approximate surface area is 185 Å². The summed E-state index contributed by atoms with van der Waals surface area (Å²) in [6, 6.07) is 14.6. The highest BCUT2D eigenvalue weighted by atomic mass is 19.1. The van der Waals surface area contributed by atoms with Crippen LogP contribution >= 0.6 is 0 Å². The minimum absolute atomic E-state index is 0.0325. The van der Waals surface area contributed by atoms with Crippen LogP contribution in [0.15, 0.2) is 48.5 Å². The molecule has 0 radical (unpaired) electrons. The lowest BCUT2D eigenvalue weighted by Gasteiger charge is -2.31. The van der Waals surface area contributed by atoms with Crippen LogP contribution in [-0.4, -0.2) is 53.2 Å². The zero-order chi connectivity index (χ0) is 23.5. The van der Waals surface area contributed by atoms with Crippen LogP contribution in [0.5, 0.6) is 5.75 Å². The molecule has 9 heteroatoms. The number of hydrogen-bond donors (Lipinski definition) is 3. The van der Waals surface area contributed by atoms with Crippen molar-refractivity contribution in [2.24, 2.45) is 5.92 Å². The predicted octanol–water partition coefficient (Wildman–Crippen LogP) is 2.52. The third-order valence-electron chi connectivity index (χ3n) is 5.12. The first-order chi connectivity index (χ1) is 15.3. The molecule has 0 spiro atoms. The number of carboxylic acid groups (broad SMARTS) is 2. The van der Waals surface area contributed by atoms with Crippen LogP contribution in [0.3, 0.4) is 0 Å². The molecular formula is C23H27FN2O6. The van der Waals surface area contributed by atoms with Crippen LogP contribution in [0.4, 0.5) is 4.39 Å². The average molecular weight is 446 g/mol. The number of amides is 1. The van der Waals surface area contributed by atoms with Gasteiger partial charge >= 0.3 is 11.9 Å². The van der Waals surface area contributed by atoms with Gasteiger partial charge in [0.15, 0.2) is 0 Å². The largest absolute Gasteiger partial charge is 0.497 e. The first-order valence-electron chi connectivity index (χ1n) is 10.1. The van der Waals surface area contributed by atoms with Crippen molar-refractivity contribution < 1.29 is 33.7 Å². The minimum Gasteiger partial charge on any atom is -0.497 e. The van der Waals surface area contributed by atoms with E-state index < -0.39 is 11.9 Å². The van der Waals surface area contributed by atoms with Crippen molar-refractivity contribution in [2.45, 2.75) is 25.9 Å². The highest BCUT2D eigenvalue weighted by Gasteiger charge is 2.25. The van der Waals surface area contributed by atoms with E-state index in [9.17, 15) is 9.18 Å². The van der Waals surface area contributed by atoms with E-state index in [0.717, 1.165) is 42.8 Å². The van der Waals surface area contributed by atoms with Gasteiger partial charge in [-0.25, -0.2) is 14.0 Å². The maximum absolute atomic E-state index is 13.8. The second-order valence-electron chi connectivity index (χ2n) is 7.32. The number of ether oxygens (including phenoxy) is 1. The summed E-state index contributed by atoms with van der Waals surface area (Å²) in [6.45, 7) is 2.76. The SMILES string of the molecule is COc1ccc(CNC(=O)C2CCN(Cc3ccccc3F)CC2)cc1.O=C(O)C(=O)O. The molecule has 0 bridgehead atoms. The number of nitrogens with zero attached hydrogens (tertiary/aromatic N) is 1. The van der Waals surface area contributed by atoms with Crippen molar-refractivity contribution in [3.63, 3.8) is 0 Å². The number of piperidine rings is 1. The Balaban J connectivity index is 0.000000534. The molecule has 1 fully saturated rings. The molecule has 1 amide bonds. The van der Waals surface area contributed by atoms with E-state index in [1.807, 2.05) is 36.4 Å². The van der Waals surface area contributed by atoms with Crippen LogP contribution in [-0.2, 0) is 27.5 Å². The number of benzene rings is 2. The standard InChI is InChI=1S/C21H25FN2O2.C2H2O4/c1-26-19-8-6-16(7-9-19)14-23-21(25)17-10-12-24(13-11-17)15-18-4-2-3-5-20(18)22;3-1(4)2(5)6/h2-9,17H,10-15H2,1H3,(H,23,25);(H,3,4)(H,5,6). The van der Waals surface area contributed by atoms with Crippen LogP contribution in [0.25, 0.3) is 0 Å². The van der Waals surface area contributed by atoms with Crippen molar-refractivity contribution in [2.75, 3.05) is 20.2 Å². The van der Waals surface area contributed by atoms with E-state index in [1.165, 1.54) is 6.07 Å². The number of nitrogens with one attached hydrogen (secondary N) is 1. The van der Waals surface area contributed by atoms with Crippen LogP contribution in [0, 0.1) is 11.7 Å². The Hall–Kier alpha value is -3.46. The molecular weight excluding hydrogens is 419 g/mol. The van der Waals surface area contributed by atoms with Gasteiger partial charge in [-0.15, -0.1) is 0 Å². The van der Waals surface area contributed by atoms with Gasteiger partial charge in [0.1, 0.15) is 11.6 Å². The Kier molecular flexibility index (Phi) is 9.62. The molecule has 1 saturated heterocycles. The van der Waals surface area contributed by atoms with Gasteiger partial charge in [0, 0.05) is 24.6 Å². The number of rotatable bonds is 6. The Bertz CT molecular complexity index is 899. The quantitative estimate of drug-likeness (QED) is 0.584. The maximum atomic E-state index is 13.8. The molecule has 32 heavy (non-hydrogen) atoms. The summed E-state index contributed by atoms with van der Waals surface area (Å²) in [6.07, 6.45) is 1.62. The first-order valence-corrected chi connectivity index (χ1v) is 10.1. The van der Waals surface area contributed by atoms with Gasteiger partial charge in [0.05, 0.1) is 7.11 Å². The van der Waals surface area contributed by atoms with Crippen molar-refractivity contribution in [3.05, 3.63) is 65.5 Å². The molecule has 3 rings (SSSR count). The zero-order valence-corrected chi connectivity index (χ0v) is 17.8. The van der Waals surface area contributed by atoms with E-state index >= 15 is 0 Å². The van der Waals surface area contributed by atoms with Gasteiger partial charge in [0.2, 0.25) is 5.91 Å². The van der Waals surface area contributed by atoms with Gasteiger partial charge in [-0.2, -0.15) is 0 Å². The molecule has 172 valence electrons. The molecule has 0 aliphatic carbocycles. The lowest BCUT2D eigenvalue weighted by Crippen LogP contribution is -2.40. The summed E-state index contributed by atoms with van der Waals surface area (Å²) in [5.41, 5.74) is 1.77. The smallest absolute Gasteiger partial charge is 0.414 e. The minimum atomic E-state index is -1.82. The molecule has 0 saturated carbocycles. The van der Waals surface area contributed by atoms with Gasteiger partial charge in [-0.1, -0.05) is 30.3 Å². The fourth-order valence-corrected chi connectivity index (χ4v) is 3.30. The highest BCUT2D eigenvalue weighted by molar-refractivity contribution is 6.27.